The lowest BCUT2D eigenvalue weighted by atomic mass is 9.92. The fourth-order valence-corrected chi connectivity index (χ4v) is 4.76. The van der Waals surface area contributed by atoms with Crippen molar-refractivity contribution < 1.29 is 18.3 Å². The third kappa shape index (κ3) is 6.51. The molecule has 0 aliphatic heterocycles. The summed E-state index contributed by atoms with van der Waals surface area (Å²) in [4.78, 5) is 12.4. The maximum atomic E-state index is 13.2. The molecule has 166 valence electrons. The highest BCUT2D eigenvalue weighted by molar-refractivity contribution is 7.89. The van der Waals surface area contributed by atoms with Gasteiger partial charge in [0.15, 0.2) is 0 Å². The molecule has 0 heterocycles. The van der Waals surface area contributed by atoms with Gasteiger partial charge in [-0.05, 0) is 36.8 Å². The minimum Gasteiger partial charge on any atom is -0.481 e. The Hall–Kier alpha value is -2.45. The lowest BCUT2D eigenvalue weighted by Gasteiger charge is -2.30. The van der Waals surface area contributed by atoms with E-state index >= 15 is 0 Å². The first kappa shape index (κ1) is 24.8. The van der Waals surface area contributed by atoms with Gasteiger partial charge in [-0.3, -0.25) is 4.79 Å². The first-order valence-electron chi connectivity index (χ1n) is 9.71. The van der Waals surface area contributed by atoms with Gasteiger partial charge in [-0.2, -0.15) is 4.31 Å². The van der Waals surface area contributed by atoms with E-state index in [0.717, 1.165) is 9.87 Å². The van der Waals surface area contributed by atoms with Crippen molar-refractivity contribution >= 4 is 27.6 Å². The molecule has 2 atom stereocenters. The second-order valence-corrected chi connectivity index (χ2v) is 9.47. The van der Waals surface area contributed by atoms with Crippen molar-refractivity contribution in [2.45, 2.75) is 17.9 Å². The van der Waals surface area contributed by atoms with E-state index in [4.69, 9.17) is 11.6 Å². The van der Waals surface area contributed by atoms with Crippen LogP contribution in [0.15, 0.2) is 78.7 Å². The predicted octanol–water partition coefficient (Wildman–Crippen LogP) is 4.04. The number of sulfonamides is 1. The molecule has 2 aromatic carbocycles. The molecule has 8 heteroatoms. The number of aryl methyl sites for hydroxylation is 1. The number of benzene rings is 2. The molecule has 0 saturated carbocycles. The molecule has 0 aromatic heterocycles. The molecular weight excluding hydrogens is 436 g/mol. The number of carboxylic acid groups (broad SMARTS) is 1. The fraction of sp³-hybridized carbons (Fsp3) is 0.261. The van der Waals surface area contributed by atoms with E-state index in [-0.39, 0.29) is 18.0 Å². The Morgan fingerprint density at radius 1 is 1.13 bits per heavy atom. The largest absolute Gasteiger partial charge is 0.481 e. The Labute approximate surface area is 188 Å². The van der Waals surface area contributed by atoms with E-state index < -0.39 is 28.0 Å². The van der Waals surface area contributed by atoms with E-state index in [0.29, 0.717) is 17.1 Å². The Kier molecular flexibility index (Phi) is 9.00. The van der Waals surface area contributed by atoms with Gasteiger partial charge < -0.3 is 10.4 Å². The predicted molar refractivity (Wildman–Crippen MR) is 124 cm³/mol. The number of carbonyl (C=O) groups is 1. The minimum absolute atomic E-state index is 0.0191. The number of rotatable bonds is 12. The summed E-state index contributed by atoms with van der Waals surface area (Å²) in [6.45, 7) is 9.26. The van der Waals surface area contributed by atoms with Gasteiger partial charge in [-0.15, -0.1) is 13.2 Å². The Morgan fingerprint density at radius 2 is 1.74 bits per heavy atom. The molecule has 0 amide bonds. The highest BCUT2D eigenvalue weighted by Gasteiger charge is 2.35. The molecule has 0 spiro atoms. The lowest BCUT2D eigenvalue weighted by Crippen LogP contribution is -2.43. The Balaban J connectivity index is 2.44. The molecule has 0 saturated heterocycles. The number of nitrogens with one attached hydrogen (secondary N) is 1. The summed E-state index contributed by atoms with van der Waals surface area (Å²) in [5, 5.41) is 13.7. The van der Waals surface area contributed by atoms with Gasteiger partial charge >= 0.3 is 5.97 Å². The lowest BCUT2D eigenvalue weighted by molar-refractivity contribution is -0.143. The van der Waals surface area contributed by atoms with Crippen LogP contribution in [-0.2, 0) is 14.8 Å². The zero-order valence-electron chi connectivity index (χ0n) is 17.4. The van der Waals surface area contributed by atoms with Crippen LogP contribution < -0.4 is 5.32 Å². The van der Waals surface area contributed by atoms with E-state index in [1.807, 2.05) is 6.92 Å². The highest BCUT2D eigenvalue weighted by atomic mass is 35.5. The van der Waals surface area contributed by atoms with Crippen LogP contribution in [0, 0.1) is 12.8 Å². The average Bonchev–Trinajstić information content (AvgIpc) is 2.73. The van der Waals surface area contributed by atoms with Crippen LogP contribution in [0.1, 0.15) is 17.2 Å². The number of nitrogens with zero attached hydrogens (tertiary/aromatic N) is 1. The molecule has 0 fully saturated rings. The van der Waals surface area contributed by atoms with Crippen molar-refractivity contribution in [3.8, 4) is 0 Å². The second-order valence-electron chi connectivity index (χ2n) is 7.09. The molecule has 2 unspecified atom stereocenters. The van der Waals surface area contributed by atoms with Crippen molar-refractivity contribution in [3.63, 3.8) is 0 Å². The van der Waals surface area contributed by atoms with Crippen LogP contribution in [0.25, 0.3) is 0 Å². The number of aliphatic carboxylic acids is 1. The van der Waals surface area contributed by atoms with Gasteiger partial charge in [-0.25, -0.2) is 8.42 Å². The fourth-order valence-electron chi connectivity index (χ4n) is 3.19. The molecule has 2 N–H and O–H groups in total. The van der Waals surface area contributed by atoms with Crippen LogP contribution in [0.2, 0.25) is 5.02 Å². The number of hydrogen-bond acceptors (Lipinski definition) is 4. The van der Waals surface area contributed by atoms with Gasteiger partial charge in [0.2, 0.25) is 10.0 Å². The zero-order valence-corrected chi connectivity index (χ0v) is 18.9. The average molecular weight is 463 g/mol. The van der Waals surface area contributed by atoms with E-state index in [9.17, 15) is 18.3 Å². The van der Waals surface area contributed by atoms with Crippen LogP contribution in [0.5, 0.6) is 0 Å². The monoisotopic (exact) mass is 462 g/mol. The van der Waals surface area contributed by atoms with Crippen molar-refractivity contribution in [1.29, 1.82) is 0 Å². The maximum absolute atomic E-state index is 13.2. The molecule has 6 nitrogen and oxygen atoms in total. The molecule has 0 aliphatic carbocycles. The summed E-state index contributed by atoms with van der Waals surface area (Å²) in [5.41, 5.74) is 1.61. The first-order valence-corrected chi connectivity index (χ1v) is 11.5. The van der Waals surface area contributed by atoms with Gasteiger partial charge in [0.05, 0.1) is 10.8 Å². The van der Waals surface area contributed by atoms with Crippen molar-refractivity contribution in [3.05, 3.63) is 90.0 Å². The van der Waals surface area contributed by atoms with Crippen LogP contribution >= 0.6 is 11.6 Å². The van der Waals surface area contributed by atoms with Gasteiger partial charge in [-0.1, -0.05) is 53.6 Å². The molecule has 2 rings (SSSR count). The smallest absolute Gasteiger partial charge is 0.309 e. The SMILES string of the molecule is C=CCNC(c1ccc(Cl)cc1)C(CN(CC=C)S(=O)(=O)c1ccc(C)cc1)C(=O)O. The second kappa shape index (κ2) is 11.2. The third-order valence-corrected chi connectivity index (χ3v) is 6.92. The summed E-state index contributed by atoms with van der Waals surface area (Å²) in [6.07, 6.45) is 3.06. The van der Waals surface area contributed by atoms with E-state index in [2.05, 4.69) is 18.5 Å². The van der Waals surface area contributed by atoms with Gasteiger partial charge in [0, 0.05) is 30.7 Å². The molecule has 31 heavy (non-hydrogen) atoms. The van der Waals surface area contributed by atoms with Crippen molar-refractivity contribution in [2.24, 2.45) is 5.92 Å². The summed E-state index contributed by atoms with van der Waals surface area (Å²) in [7, 11) is -3.92. The van der Waals surface area contributed by atoms with Crippen LogP contribution in [-0.4, -0.2) is 43.4 Å². The maximum Gasteiger partial charge on any atom is 0.309 e. The van der Waals surface area contributed by atoms with Gasteiger partial charge in [0.25, 0.3) is 0 Å². The number of carboxylic acids is 1. The quantitative estimate of drug-likeness (QED) is 0.465. The molecule has 0 radical (unpaired) electrons. The molecule has 0 bridgehead atoms. The first-order chi connectivity index (χ1) is 14.7. The van der Waals surface area contributed by atoms with E-state index in [1.165, 1.54) is 18.2 Å². The summed E-state index contributed by atoms with van der Waals surface area (Å²) in [6, 6.07) is 12.6. The van der Waals surface area contributed by atoms with Crippen molar-refractivity contribution in [2.75, 3.05) is 19.6 Å². The summed E-state index contributed by atoms with van der Waals surface area (Å²) >= 11 is 5.98. The van der Waals surface area contributed by atoms with Crippen LogP contribution in [0.3, 0.4) is 0 Å². The van der Waals surface area contributed by atoms with Crippen LogP contribution in [0.4, 0.5) is 0 Å². The normalized spacial score (nSPS) is 13.5. The summed E-state index contributed by atoms with van der Waals surface area (Å²) in [5.74, 6) is -2.19. The van der Waals surface area contributed by atoms with E-state index in [1.54, 1.807) is 42.5 Å². The minimum atomic E-state index is -3.92. The number of hydrogen-bond donors (Lipinski definition) is 2. The third-order valence-electron chi connectivity index (χ3n) is 4.82. The zero-order chi connectivity index (χ0) is 23.0. The molecule has 2 aromatic rings. The van der Waals surface area contributed by atoms with Gasteiger partial charge in [0.1, 0.15) is 0 Å². The highest BCUT2D eigenvalue weighted by Crippen LogP contribution is 2.27. The Bertz CT molecular complexity index is 1000. The van der Waals surface area contributed by atoms with Crippen molar-refractivity contribution in [1.82, 2.24) is 9.62 Å². The molecule has 0 aliphatic rings. The molecular formula is C23H27ClN2O4S. The number of halogens is 1. The summed E-state index contributed by atoms with van der Waals surface area (Å²) < 4.78 is 27.6. The standard InChI is InChI=1S/C23H27ClN2O4S/c1-4-14-25-22(18-8-10-19(24)11-9-18)21(23(27)28)16-26(15-5-2)31(29,30)20-12-6-17(3)7-13-20/h4-13,21-22,25H,1-2,14-16H2,3H3,(H,27,28). The Morgan fingerprint density at radius 3 is 2.26 bits per heavy atom. The topological polar surface area (TPSA) is 86.7 Å².